The van der Waals surface area contributed by atoms with Gasteiger partial charge in [-0.3, -0.25) is 0 Å². The van der Waals surface area contributed by atoms with Crippen molar-refractivity contribution >= 4 is 0 Å². The molecule has 17 heavy (non-hydrogen) atoms. The Bertz CT molecular complexity index is 405. The van der Waals surface area contributed by atoms with E-state index in [1.165, 1.54) is 25.2 Å². The van der Waals surface area contributed by atoms with Crippen molar-refractivity contribution in [2.75, 3.05) is 7.05 Å². The number of rotatable bonds is 2. The summed E-state index contributed by atoms with van der Waals surface area (Å²) in [5.74, 6) is -3.31. The fraction of sp³-hybridized carbons (Fsp3) is 0.538. The van der Waals surface area contributed by atoms with Gasteiger partial charge in [0.05, 0.1) is 0 Å². The maximum absolute atomic E-state index is 14.2. The Kier molecular flexibility index (Phi) is 3.17. The minimum atomic E-state index is -2.84. The normalized spacial score (nSPS) is 28.0. The van der Waals surface area contributed by atoms with Crippen LogP contribution in [0.1, 0.15) is 31.2 Å². The lowest BCUT2D eigenvalue weighted by Crippen LogP contribution is -2.56. The molecule has 0 aliphatic heterocycles. The zero-order chi connectivity index (χ0) is 12.5. The molecule has 1 fully saturated rings. The van der Waals surface area contributed by atoms with Crippen molar-refractivity contribution in [1.29, 1.82) is 0 Å². The molecular weight excluding hydrogens is 227 g/mol. The van der Waals surface area contributed by atoms with E-state index in [4.69, 9.17) is 0 Å². The summed E-state index contributed by atoms with van der Waals surface area (Å²) in [6.07, 6.45) is 1.43. The van der Waals surface area contributed by atoms with Gasteiger partial charge in [-0.15, -0.1) is 0 Å². The average molecular weight is 243 g/mol. The van der Waals surface area contributed by atoms with Crippen LogP contribution in [0.2, 0.25) is 0 Å². The molecule has 1 aromatic carbocycles. The summed E-state index contributed by atoms with van der Waals surface area (Å²) in [5, 5.41) is 2.73. The van der Waals surface area contributed by atoms with Crippen molar-refractivity contribution in [3.63, 3.8) is 0 Å². The van der Waals surface area contributed by atoms with Crippen LogP contribution in [0.5, 0.6) is 0 Å². The second-order valence-electron chi connectivity index (χ2n) is 4.58. The zero-order valence-electron chi connectivity index (χ0n) is 9.77. The molecule has 1 saturated carbocycles. The summed E-state index contributed by atoms with van der Waals surface area (Å²) in [6, 6.07) is 5.52. The highest BCUT2D eigenvalue weighted by Gasteiger charge is 2.54. The number of benzene rings is 1. The molecular formula is C13H16F3N. The fourth-order valence-corrected chi connectivity index (χ4v) is 2.70. The van der Waals surface area contributed by atoms with Gasteiger partial charge in [-0.25, -0.2) is 13.2 Å². The van der Waals surface area contributed by atoms with Gasteiger partial charge < -0.3 is 5.32 Å². The lowest BCUT2D eigenvalue weighted by atomic mass is 9.73. The standard InChI is InChI=1S/C13H16F3N/c1-17-12(7-2-3-8-13(12,15)16)10-5-4-6-11(14)9-10/h4-6,9,17H,2-3,7-8H2,1H3/t12-/m0/s1. The highest BCUT2D eigenvalue weighted by Crippen LogP contribution is 2.47. The Labute approximate surface area is 99.0 Å². The Hall–Kier alpha value is -1.03. The van der Waals surface area contributed by atoms with Gasteiger partial charge in [0.2, 0.25) is 0 Å². The highest BCUT2D eigenvalue weighted by molar-refractivity contribution is 5.29. The Balaban J connectivity index is 2.49. The molecule has 0 saturated heterocycles. The third kappa shape index (κ3) is 1.95. The Morgan fingerprint density at radius 1 is 1.18 bits per heavy atom. The quantitative estimate of drug-likeness (QED) is 0.838. The molecule has 2 rings (SSSR count). The maximum Gasteiger partial charge on any atom is 0.270 e. The van der Waals surface area contributed by atoms with Crippen LogP contribution < -0.4 is 5.32 Å². The van der Waals surface area contributed by atoms with Gasteiger partial charge >= 0.3 is 0 Å². The lowest BCUT2D eigenvalue weighted by Gasteiger charge is -2.44. The molecule has 0 heterocycles. The third-order valence-corrected chi connectivity index (χ3v) is 3.66. The lowest BCUT2D eigenvalue weighted by molar-refractivity contribution is -0.119. The van der Waals surface area contributed by atoms with Gasteiger partial charge in [0, 0.05) is 6.42 Å². The van der Waals surface area contributed by atoms with Crippen LogP contribution in [0.3, 0.4) is 0 Å². The fourth-order valence-electron chi connectivity index (χ4n) is 2.70. The molecule has 4 heteroatoms. The van der Waals surface area contributed by atoms with E-state index in [2.05, 4.69) is 5.32 Å². The smallest absolute Gasteiger partial charge is 0.270 e. The van der Waals surface area contributed by atoms with Crippen molar-refractivity contribution < 1.29 is 13.2 Å². The molecule has 1 aliphatic carbocycles. The molecule has 0 bridgehead atoms. The number of hydrogen-bond acceptors (Lipinski definition) is 1. The zero-order valence-corrected chi connectivity index (χ0v) is 9.77. The second-order valence-corrected chi connectivity index (χ2v) is 4.58. The first-order valence-electron chi connectivity index (χ1n) is 5.85. The number of alkyl halides is 2. The summed E-state index contributed by atoms with van der Waals surface area (Å²) in [6.45, 7) is 0. The van der Waals surface area contributed by atoms with Crippen molar-refractivity contribution in [2.45, 2.75) is 37.1 Å². The van der Waals surface area contributed by atoms with E-state index >= 15 is 0 Å². The summed E-state index contributed by atoms with van der Waals surface area (Å²) in [5.41, 5.74) is -1.09. The van der Waals surface area contributed by atoms with Crippen LogP contribution in [0, 0.1) is 5.82 Å². The third-order valence-electron chi connectivity index (χ3n) is 3.66. The summed E-state index contributed by atoms with van der Waals surface area (Å²) in [4.78, 5) is 0. The summed E-state index contributed by atoms with van der Waals surface area (Å²) < 4.78 is 41.5. The van der Waals surface area contributed by atoms with Gasteiger partial charge in [-0.2, -0.15) is 0 Å². The molecule has 0 unspecified atom stereocenters. The Morgan fingerprint density at radius 3 is 2.47 bits per heavy atom. The summed E-state index contributed by atoms with van der Waals surface area (Å²) in [7, 11) is 1.52. The number of hydrogen-bond donors (Lipinski definition) is 1. The Morgan fingerprint density at radius 2 is 1.88 bits per heavy atom. The molecule has 0 spiro atoms. The SMILES string of the molecule is CN[C@]1(c2cccc(F)c2)CCCCC1(F)F. The minimum absolute atomic E-state index is 0.148. The van der Waals surface area contributed by atoms with Crippen molar-refractivity contribution in [3.8, 4) is 0 Å². The van der Waals surface area contributed by atoms with Gasteiger partial charge in [0.1, 0.15) is 11.4 Å². The van der Waals surface area contributed by atoms with Crippen LogP contribution >= 0.6 is 0 Å². The van der Waals surface area contributed by atoms with Crippen molar-refractivity contribution in [1.82, 2.24) is 5.32 Å². The minimum Gasteiger partial charge on any atom is -0.305 e. The first-order chi connectivity index (χ1) is 8.02. The van der Waals surface area contributed by atoms with E-state index in [0.29, 0.717) is 18.4 Å². The molecule has 1 aromatic rings. The van der Waals surface area contributed by atoms with Crippen LogP contribution in [-0.2, 0) is 5.54 Å². The molecule has 1 aliphatic rings. The number of nitrogens with one attached hydrogen (secondary N) is 1. The van der Waals surface area contributed by atoms with E-state index in [9.17, 15) is 13.2 Å². The van der Waals surface area contributed by atoms with Crippen LogP contribution in [-0.4, -0.2) is 13.0 Å². The van der Waals surface area contributed by atoms with Gasteiger partial charge in [0.15, 0.2) is 0 Å². The maximum atomic E-state index is 14.2. The monoisotopic (exact) mass is 243 g/mol. The van der Waals surface area contributed by atoms with Gasteiger partial charge in [0.25, 0.3) is 5.92 Å². The first kappa shape index (κ1) is 12.4. The second kappa shape index (κ2) is 4.33. The molecule has 1 N–H and O–H groups in total. The molecule has 0 radical (unpaired) electrons. The molecule has 1 atom stereocenters. The van der Waals surface area contributed by atoms with Gasteiger partial charge in [-0.1, -0.05) is 18.6 Å². The number of halogens is 3. The largest absolute Gasteiger partial charge is 0.305 e. The van der Waals surface area contributed by atoms with Crippen molar-refractivity contribution in [2.24, 2.45) is 0 Å². The average Bonchev–Trinajstić information content (AvgIpc) is 2.29. The summed E-state index contributed by atoms with van der Waals surface area (Å²) >= 11 is 0. The molecule has 0 amide bonds. The first-order valence-corrected chi connectivity index (χ1v) is 5.85. The van der Waals surface area contributed by atoms with Gasteiger partial charge in [-0.05, 0) is 37.6 Å². The van der Waals surface area contributed by atoms with E-state index in [1.54, 1.807) is 6.07 Å². The molecule has 1 nitrogen and oxygen atoms in total. The van der Waals surface area contributed by atoms with Crippen LogP contribution in [0.15, 0.2) is 24.3 Å². The predicted octanol–water partition coefficient (Wildman–Crippen LogP) is 3.45. The van der Waals surface area contributed by atoms with E-state index in [0.717, 1.165) is 6.42 Å². The molecule has 94 valence electrons. The highest BCUT2D eigenvalue weighted by atomic mass is 19.3. The van der Waals surface area contributed by atoms with E-state index < -0.39 is 17.3 Å². The van der Waals surface area contributed by atoms with Crippen molar-refractivity contribution in [3.05, 3.63) is 35.6 Å². The van der Waals surface area contributed by atoms with E-state index in [1.807, 2.05) is 0 Å². The topological polar surface area (TPSA) is 12.0 Å². The van der Waals surface area contributed by atoms with Crippen LogP contribution in [0.25, 0.3) is 0 Å². The van der Waals surface area contributed by atoms with Crippen LogP contribution in [0.4, 0.5) is 13.2 Å². The molecule has 0 aromatic heterocycles. The predicted molar refractivity (Wildman–Crippen MR) is 60.6 cm³/mol. The van der Waals surface area contributed by atoms with E-state index in [-0.39, 0.29) is 6.42 Å².